The van der Waals surface area contributed by atoms with Gasteiger partial charge < -0.3 is 9.47 Å². The zero-order valence-corrected chi connectivity index (χ0v) is 9.54. The molecule has 5 heteroatoms. The van der Waals surface area contributed by atoms with E-state index in [0.717, 1.165) is 0 Å². The minimum absolute atomic E-state index is 0.516. The highest BCUT2D eigenvalue weighted by Gasteiger charge is 2.17. The van der Waals surface area contributed by atoms with E-state index in [9.17, 15) is 4.79 Å². The van der Waals surface area contributed by atoms with Crippen LogP contribution in [0, 0.1) is 0 Å². The molecule has 15 heavy (non-hydrogen) atoms. The lowest BCUT2D eigenvalue weighted by Crippen LogP contribution is -2.20. The first-order chi connectivity index (χ1) is 7.11. The first-order valence-corrected chi connectivity index (χ1v) is 4.63. The Kier molecular flexibility index (Phi) is 3.80. The van der Waals surface area contributed by atoms with Crippen LogP contribution in [0.25, 0.3) is 0 Å². The molecule has 0 saturated heterocycles. The van der Waals surface area contributed by atoms with Crippen LogP contribution >= 0.6 is 11.6 Å². The van der Waals surface area contributed by atoms with Crippen LogP contribution in [0.3, 0.4) is 0 Å². The van der Waals surface area contributed by atoms with Crippen molar-refractivity contribution in [1.29, 1.82) is 0 Å². The van der Waals surface area contributed by atoms with Gasteiger partial charge in [0.25, 0.3) is 0 Å². The molecule has 0 unspecified atom stereocenters. The average Bonchev–Trinajstić information content (AvgIpc) is 2.26. The molecule has 4 nitrogen and oxygen atoms in total. The minimum atomic E-state index is -0.599. The molecule has 1 aromatic carbocycles. The number of nitrogens with zero attached hydrogens (tertiary/aromatic N) is 1. The van der Waals surface area contributed by atoms with Gasteiger partial charge in [-0.25, -0.2) is 0 Å². The molecule has 0 bridgehead atoms. The number of anilines is 1. The highest BCUT2D eigenvalue weighted by atomic mass is 35.5. The summed E-state index contributed by atoms with van der Waals surface area (Å²) >= 11 is 5.40. The largest absolute Gasteiger partial charge is 0.494 e. The standard InChI is InChI=1S/C10H12ClNO3/c1-12(10(11)13)9-7(14-2)5-4-6-8(9)15-3/h4-6H,1-3H3. The van der Waals surface area contributed by atoms with E-state index in [1.54, 1.807) is 25.2 Å². The fraction of sp³-hybridized carbons (Fsp3) is 0.300. The van der Waals surface area contributed by atoms with E-state index >= 15 is 0 Å². The number of hydrogen-bond acceptors (Lipinski definition) is 3. The number of benzene rings is 1. The minimum Gasteiger partial charge on any atom is -0.494 e. The molecule has 1 aromatic rings. The lowest BCUT2D eigenvalue weighted by atomic mass is 10.2. The van der Waals surface area contributed by atoms with E-state index in [-0.39, 0.29) is 0 Å². The fourth-order valence-electron chi connectivity index (χ4n) is 1.25. The number of ether oxygens (including phenoxy) is 2. The predicted octanol–water partition coefficient (Wildman–Crippen LogP) is 2.50. The summed E-state index contributed by atoms with van der Waals surface area (Å²) in [6.07, 6.45) is 0. The van der Waals surface area contributed by atoms with E-state index in [1.807, 2.05) is 0 Å². The van der Waals surface area contributed by atoms with Crippen LogP contribution in [-0.4, -0.2) is 26.6 Å². The molecule has 0 saturated carbocycles. The van der Waals surface area contributed by atoms with Gasteiger partial charge in [-0.3, -0.25) is 9.69 Å². The van der Waals surface area contributed by atoms with Crippen LogP contribution in [0.1, 0.15) is 0 Å². The van der Waals surface area contributed by atoms with Crippen LogP contribution in [0.2, 0.25) is 0 Å². The van der Waals surface area contributed by atoms with Gasteiger partial charge in [-0.2, -0.15) is 0 Å². The van der Waals surface area contributed by atoms with Gasteiger partial charge in [0.1, 0.15) is 17.2 Å². The van der Waals surface area contributed by atoms with Crippen LogP contribution in [-0.2, 0) is 0 Å². The summed E-state index contributed by atoms with van der Waals surface area (Å²) in [4.78, 5) is 12.3. The van der Waals surface area contributed by atoms with Gasteiger partial charge in [0.15, 0.2) is 0 Å². The Morgan fingerprint density at radius 1 is 1.27 bits per heavy atom. The molecule has 82 valence electrons. The van der Waals surface area contributed by atoms with Crippen LogP contribution < -0.4 is 14.4 Å². The van der Waals surface area contributed by atoms with Gasteiger partial charge in [0.05, 0.1) is 14.2 Å². The smallest absolute Gasteiger partial charge is 0.320 e. The Labute approximate surface area is 93.3 Å². The van der Waals surface area contributed by atoms with Crippen molar-refractivity contribution in [2.75, 3.05) is 26.2 Å². The van der Waals surface area contributed by atoms with E-state index in [0.29, 0.717) is 17.2 Å². The molecule has 0 aliphatic carbocycles. The molecule has 0 aliphatic heterocycles. The maximum atomic E-state index is 11.1. The van der Waals surface area contributed by atoms with Crippen LogP contribution in [0.15, 0.2) is 18.2 Å². The van der Waals surface area contributed by atoms with Crippen molar-refractivity contribution >= 4 is 22.7 Å². The van der Waals surface area contributed by atoms with Crippen molar-refractivity contribution in [1.82, 2.24) is 0 Å². The Balaban J connectivity index is 3.27. The molecule has 0 N–H and O–H groups in total. The summed E-state index contributed by atoms with van der Waals surface area (Å²) < 4.78 is 10.3. The second-order valence-electron chi connectivity index (χ2n) is 2.82. The molecule has 1 rings (SSSR count). The highest BCUT2D eigenvalue weighted by molar-refractivity contribution is 6.66. The maximum absolute atomic E-state index is 11.1. The third kappa shape index (κ3) is 2.33. The molecular formula is C10H12ClNO3. The van der Waals surface area contributed by atoms with Crippen molar-refractivity contribution in [3.63, 3.8) is 0 Å². The van der Waals surface area contributed by atoms with E-state index in [1.165, 1.54) is 19.1 Å². The molecule has 0 spiro atoms. The topological polar surface area (TPSA) is 38.8 Å². The number of carbonyl (C=O) groups is 1. The zero-order valence-electron chi connectivity index (χ0n) is 8.78. The molecule has 0 atom stereocenters. The van der Waals surface area contributed by atoms with E-state index in [2.05, 4.69) is 0 Å². The summed E-state index contributed by atoms with van der Waals surface area (Å²) in [5, 5.41) is -0.599. The quantitative estimate of drug-likeness (QED) is 0.591. The van der Waals surface area contributed by atoms with Crippen molar-refractivity contribution in [2.24, 2.45) is 0 Å². The predicted molar refractivity (Wildman–Crippen MR) is 59.2 cm³/mol. The number of carbonyl (C=O) groups excluding carboxylic acids is 1. The van der Waals surface area contributed by atoms with E-state index in [4.69, 9.17) is 21.1 Å². The molecule has 0 aromatic heterocycles. The van der Waals surface area contributed by atoms with Gasteiger partial charge in [-0.1, -0.05) is 6.07 Å². The molecule has 1 amide bonds. The highest BCUT2D eigenvalue weighted by Crippen LogP contribution is 2.37. The summed E-state index contributed by atoms with van der Waals surface area (Å²) in [5.41, 5.74) is 0.516. The Morgan fingerprint density at radius 2 is 1.73 bits per heavy atom. The lowest BCUT2D eigenvalue weighted by Gasteiger charge is -2.19. The Morgan fingerprint density at radius 3 is 2.07 bits per heavy atom. The van der Waals surface area contributed by atoms with E-state index < -0.39 is 5.37 Å². The fourth-order valence-corrected chi connectivity index (χ4v) is 1.33. The van der Waals surface area contributed by atoms with Gasteiger partial charge in [-0.15, -0.1) is 0 Å². The van der Waals surface area contributed by atoms with Crippen LogP contribution in [0.4, 0.5) is 10.5 Å². The maximum Gasteiger partial charge on any atom is 0.320 e. The number of para-hydroxylation sites is 1. The molecular weight excluding hydrogens is 218 g/mol. The number of rotatable bonds is 3. The van der Waals surface area contributed by atoms with Gasteiger partial charge in [0.2, 0.25) is 0 Å². The summed E-state index contributed by atoms with van der Waals surface area (Å²) in [5.74, 6) is 1.07. The number of hydrogen-bond donors (Lipinski definition) is 0. The second kappa shape index (κ2) is 4.89. The Hall–Kier alpha value is -1.42. The molecule has 0 aliphatic rings. The number of methoxy groups -OCH3 is 2. The zero-order chi connectivity index (χ0) is 11.4. The lowest BCUT2D eigenvalue weighted by molar-refractivity contribution is 0.264. The molecule has 0 radical (unpaired) electrons. The first kappa shape index (κ1) is 11.7. The number of amides is 1. The number of halogens is 1. The normalized spacial score (nSPS) is 9.60. The van der Waals surface area contributed by atoms with Crippen molar-refractivity contribution in [3.8, 4) is 11.5 Å². The van der Waals surface area contributed by atoms with Gasteiger partial charge in [-0.05, 0) is 23.7 Å². The average molecular weight is 230 g/mol. The molecule has 0 heterocycles. The monoisotopic (exact) mass is 229 g/mol. The van der Waals surface area contributed by atoms with Gasteiger partial charge in [0, 0.05) is 7.05 Å². The summed E-state index contributed by atoms with van der Waals surface area (Å²) in [6.45, 7) is 0. The van der Waals surface area contributed by atoms with Crippen molar-refractivity contribution < 1.29 is 14.3 Å². The first-order valence-electron chi connectivity index (χ1n) is 4.26. The SMILES string of the molecule is COc1cccc(OC)c1N(C)C(=O)Cl. The summed E-state index contributed by atoms with van der Waals surface area (Å²) in [7, 11) is 4.59. The van der Waals surface area contributed by atoms with Crippen molar-refractivity contribution in [2.45, 2.75) is 0 Å². The Bertz CT molecular complexity index is 345. The van der Waals surface area contributed by atoms with Gasteiger partial charge >= 0.3 is 5.37 Å². The third-order valence-corrected chi connectivity index (χ3v) is 2.25. The van der Waals surface area contributed by atoms with Crippen LogP contribution in [0.5, 0.6) is 11.5 Å². The third-order valence-electron chi connectivity index (χ3n) is 2.00. The molecule has 0 fully saturated rings. The second-order valence-corrected chi connectivity index (χ2v) is 3.15. The van der Waals surface area contributed by atoms with Crippen molar-refractivity contribution in [3.05, 3.63) is 18.2 Å². The summed E-state index contributed by atoms with van der Waals surface area (Å²) in [6, 6.07) is 5.23.